The van der Waals surface area contributed by atoms with E-state index in [1.165, 1.54) is 18.6 Å². The molecule has 0 unspecified atom stereocenters. The number of thioether (sulfide) groups is 1. The summed E-state index contributed by atoms with van der Waals surface area (Å²) in [6, 6.07) is 0. The summed E-state index contributed by atoms with van der Waals surface area (Å²) in [6.07, 6.45) is 2.58. The van der Waals surface area contributed by atoms with Crippen molar-refractivity contribution in [3.63, 3.8) is 0 Å². The van der Waals surface area contributed by atoms with Crippen LogP contribution in [0.15, 0.2) is 0 Å². The van der Waals surface area contributed by atoms with Gasteiger partial charge in [0.25, 0.3) is 0 Å². The van der Waals surface area contributed by atoms with Gasteiger partial charge in [0.2, 0.25) is 0 Å². The summed E-state index contributed by atoms with van der Waals surface area (Å²) in [5.74, 6) is 1.31. The Kier molecular flexibility index (Phi) is 4.37. The van der Waals surface area contributed by atoms with E-state index in [0.29, 0.717) is 4.75 Å². The lowest BCUT2D eigenvalue weighted by atomic mass is 10.1. The summed E-state index contributed by atoms with van der Waals surface area (Å²) in [5, 5.41) is 0. The molecule has 0 amide bonds. The van der Waals surface area contributed by atoms with Crippen molar-refractivity contribution < 1.29 is 0 Å². The van der Waals surface area contributed by atoms with Crippen molar-refractivity contribution in [1.29, 1.82) is 0 Å². The highest BCUT2D eigenvalue weighted by atomic mass is 32.2. The Hall–Kier alpha value is 0.350. The summed E-state index contributed by atoms with van der Waals surface area (Å²) in [5.41, 5.74) is 0. The van der Waals surface area contributed by atoms with E-state index >= 15 is 0 Å². The van der Waals surface area contributed by atoms with Gasteiger partial charge in [-0.05, 0) is 18.6 Å². The Morgan fingerprint density at radius 1 is 1.22 bits per heavy atom. The highest BCUT2D eigenvalue weighted by Crippen LogP contribution is 2.27. The van der Waals surface area contributed by atoms with Gasteiger partial charge in [0.15, 0.2) is 0 Å². The first-order valence-corrected chi connectivity index (χ1v) is 4.75. The maximum atomic E-state index is 2.31. The van der Waals surface area contributed by atoms with Crippen LogP contribution in [0, 0.1) is 0 Å². The molecule has 1 heteroatoms. The Bertz CT molecular complexity index is 67.0. The fourth-order valence-corrected chi connectivity index (χ4v) is 1.44. The molecule has 0 nitrogen and oxygen atoms in total. The van der Waals surface area contributed by atoms with E-state index in [2.05, 4.69) is 39.5 Å². The number of hydrogen-bond donors (Lipinski definition) is 0. The maximum absolute atomic E-state index is 2.31. The Balaban J connectivity index is 3.33. The van der Waals surface area contributed by atoms with Crippen molar-refractivity contribution in [2.75, 3.05) is 5.75 Å². The summed E-state index contributed by atoms with van der Waals surface area (Å²) in [7, 11) is 0. The molecule has 9 heavy (non-hydrogen) atoms. The lowest BCUT2D eigenvalue weighted by molar-refractivity contribution is 0.684. The van der Waals surface area contributed by atoms with Crippen LogP contribution in [0.25, 0.3) is 0 Å². The van der Waals surface area contributed by atoms with Gasteiger partial charge in [-0.1, -0.05) is 27.7 Å². The quantitative estimate of drug-likeness (QED) is 0.586. The average molecular weight is 146 g/mol. The van der Waals surface area contributed by atoms with Crippen molar-refractivity contribution in [3.8, 4) is 0 Å². The molecule has 0 bridgehead atoms. The molecule has 0 rings (SSSR count). The van der Waals surface area contributed by atoms with E-state index in [-0.39, 0.29) is 0 Å². The molecular weight excluding hydrogens is 128 g/mol. The molecule has 56 valence electrons. The monoisotopic (exact) mass is 146 g/mol. The lowest BCUT2D eigenvalue weighted by Gasteiger charge is -2.21. The summed E-state index contributed by atoms with van der Waals surface area (Å²) >= 11 is 2.08. The largest absolute Gasteiger partial charge is 0.156 e. The molecule has 0 atom stereocenters. The third-order valence-corrected chi connectivity index (χ3v) is 3.23. The highest BCUT2D eigenvalue weighted by molar-refractivity contribution is 8.00. The number of hydrogen-bond acceptors (Lipinski definition) is 1. The fourth-order valence-electron chi connectivity index (χ4n) is 0.480. The van der Waals surface area contributed by atoms with Crippen molar-refractivity contribution in [3.05, 3.63) is 0 Å². The summed E-state index contributed by atoms with van der Waals surface area (Å²) < 4.78 is 0.510. The van der Waals surface area contributed by atoms with Crippen LogP contribution in [-0.4, -0.2) is 10.5 Å². The van der Waals surface area contributed by atoms with Crippen LogP contribution in [0.1, 0.15) is 40.5 Å². The molecule has 0 fully saturated rings. The minimum atomic E-state index is 0.510. The second kappa shape index (κ2) is 4.21. The average Bonchev–Trinajstić information content (AvgIpc) is 1.84. The second-order valence-corrected chi connectivity index (χ2v) is 4.76. The zero-order chi connectivity index (χ0) is 7.33. The SMILES string of the molecule is CCCSC(C)(C)CC. The van der Waals surface area contributed by atoms with Gasteiger partial charge in [0.05, 0.1) is 0 Å². The molecule has 0 saturated heterocycles. The summed E-state index contributed by atoms with van der Waals surface area (Å²) in [6.45, 7) is 9.11. The molecule has 0 aliphatic rings. The Labute approximate surface area is 63.4 Å². The molecule has 0 saturated carbocycles. The predicted octanol–water partition coefficient (Wildman–Crippen LogP) is 3.32. The van der Waals surface area contributed by atoms with Crippen LogP contribution in [-0.2, 0) is 0 Å². The normalized spacial score (nSPS) is 12.0. The van der Waals surface area contributed by atoms with E-state index in [9.17, 15) is 0 Å². The van der Waals surface area contributed by atoms with E-state index in [1.54, 1.807) is 0 Å². The molecule has 0 aromatic rings. The van der Waals surface area contributed by atoms with E-state index in [1.807, 2.05) is 0 Å². The molecule has 0 heterocycles. The van der Waals surface area contributed by atoms with Gasteiger partial charge < -0.3 is 0 Å². The van der Waals surface area contributed by atoms with Gasteiger partial charge >= 0.3 is 0 Å². The van der Waals surface area contributed by atoms with E-state index in [0.717, 1.165) is 0 Å². The van der Waals surface area contributed by atoms with Crippen LogP contribution in [0.5, 0.6) is 0 Å². The first-order chi connectivity index (χ1) is 4.12. The smallest absolute Gasteiger partial charge is 0.0101 e. The Morgan fingerprint density at radius 2 is 1.78 bits per heavy atom. The lowest BCUT2D eigenvalue weighted by Crippen LogP contribution is -2.12. The molecule has 0 N–H and O–H groups in total. The third kappa shape index (κ3) is 4.83. The maximum Gasteiger partial charge on any atom is 0.0101 e. The van der Waals surface area contributed by atoms with Crippen molar-refractivity contribution in [1.82, 2.24) is 0 Å². The predicted molar refractivity (Wildman–Crippen MR) is 47.1 cm³/mol. The van der Waals surface area contributed by atoms with Crippen molar-refractivity contribution in [2.24, 2.45) is 0 Å². The van der Waals surface area contributed by atoms with Crippen LogP contribution in [0.2, 0.25) is 0 Å². The molecular formula is C8H18S. The molecule has 0 aliphatic heterocycles. The topological polar surface area (TPSA) is 0 Å². The number of rotatable bonds is 4. The molecule has 0 aromatic carbocycles. The van der Waals surface area contributed by atoms with Gasteiger partial charge in [0, 0.05) is 4.75 Å². The highest BCUT2D eigenvalue weighted by Gasteiger charge is 2.13. The second-order valence-electron chi connectivity index (χ2n) is 2.96. The zero-order valence-corrected chi connectivity index (χ0v) is 7.85. The first-order valence-electron chi connectivity index (χ1n) is 3.76. The first kappa shape index (κ1) is 9.35. The summed E-state index contributed by atoms with van der Waals surface area (Å²) in [4.78, 5) is 0. The van der Waals surface area contributed by atoms with Crippen LogP contribution in [0.3, 0.4) is 0 Å². The van der Waals surface area contributed by atoms with Gasteiger partial charge in [0.1, 0.15) is 0 Å². The van der Waals surface area contributed by atoms with Gasteiger partial charge in [-0.3, -0.25) is 0 Å². The van der Waals surface area contributed by atoms with E-state index < -0.39 is 0 Å². The standard InChI is InChI=1S/C8H18S/c1-5-7-9-8(3,4)6-2/h5-7H2,1-4H3. The van der Waals surface area contributed by atoms with Gasteiger partial charge in [-0.25, -0.2) is 0 Å². The molecule has 0 aromatic heterocycles. The van der Waals surface area contributed by atoms with Crippen LogP contribution < -0.4 is 0 Å². The Morgan fingerprint density at radius 3 is 2.11 bits per heavy atom. The van der Waals surface area contributed by atoms with Gasteiger partial charge in [-0.2, -0.15) is 11.8 Å². The van der Waals surface area contributed by atoms with Gasteiger partial charge in [-0.15, -0.1) is 0 Å². The minimum Gasteiger partial charge on any atom is -0.156 e. The molecule has 0 radical (unpaired) electrons. The minimum absolute atomic E-state index is 0.510. The fraction of sp³-hybridized carbons (Fsp3) is 1.00. The van der Waals surface area contributed by atoms with Crippen molar-refractivity contribution in [2.45, 2.75) is 45.3 Å². The van der Waals surface area contributed by atoms with E-state index in [4.69, 9.17) is 0 Å². The third-order valence-electron chi connectivity index (χ3n) is 1.55. The van der Waals surface area contributed by atoms with Crippen LogP contribution in [0.4, 0.5) is 0 Å². The molecule has 0 aliphatic carbocycles. The zero-order valence-electron chi connectivity index (χ0n) is 7.03. The molecule has 0 spiro atoms. The van der Waals surface area contributed by atoms with Crippen LogP contribution >= 0.6 is 11.8 Å². The van der Waals surface area contributed by atoms with Crippen molar-refractivity contribution >= 4 is 11.8 Å².